The Hall–Kier alpha value is -0.0800. The van der Waals surface area contributed by atoms with Crippen LogP contribution in [0.1, 0.15) is 40.0 Å². The van der Waals surface area contributed by atoms with E-state index in [0.29, 0.717) is 6.04 Å². The van der Waals surface area contributed by atoms with Crippen LogP contribution >= 0.6 is 0 Å². The van der Waals surface area contributed by atoms with Crippen molar-refractivity contribution >= 4 is 0 Å². The van der Waals surface area contributed by atoms with Crippen molar-refractivity contribution in [2.24, 2.45) is 11.7 Å². The number of hydrogen-bond acceptors (Lipinski definition) is 2. The van der Waals surface area contributed by atoms with Crippen molar-refractivity contribution in [1.82, 2.24) is 4.90 Å². The SMILES string of the molecule is CCC(C)N(C)C(C)(CN)C1CC1. The van der Waals surface area contributed by atoms with Crippen molar-refractivity contribution in [2.45, 2.75) is 51.6 Å². The van der Waals surface area contributed by atoms with Gasteiger partial charge in [-0.25, -0.2) is 0 Å². The fraction of sp³-hybridized carbons (Fsp3) is 1.00. The highest BCUT2D eigenvalue weighted by molar-refractivity contribution is 5.00. The van der Waals surface area contributed by atoms with E-state index in [0.717, 1.165) is 12.5 Å². The highest BCUT2D eigenvalue weighted by atomic mass is 15.2. The third-order valence-electron chi connectivity index (χ3n) is 3.93. The van der Waals surface area contributed by atoms with Gasteiger partial charge in [-0.05, 0) is 46.1 Å². The zero-order valence-corrected chi connectivity index (χ0v) is 9.51. The lowest BCUT2D eigenvalue weighted by Gasteiger charge is -2.42. The van der Waals surface area contributed by atoms with Gasteiger partial charge in [-0.1, -0.05) is 6.92 Å². The molecule has 78 valence electrons. The average Bonchev–Trinajstić information content (AvgIpc) is 2.97. The van der Waals surface area contributed by atoms with Crippen LogP contribution in [0.5, 0.6) is 0 Å². The Morgan fingerprint density at radius 1 is 1.54 bits per heavy atom. The molecule has 1 aliphatic rings. The Balaban J connectivity index is 2.63. The molecule has 13 heavy (non-hydrogen) atoms. The first kappa shape index (κ1) is 11.0. The second-order valence-corrected chi connectivity index (χ2v) is 4.70. The van der Waals surface area contributed by atoms with Gasteiger partial charge in [-0.3, -0.25) is 4.90 Å². The van der Waals surface area contributed by atoms with Crippen molar-refractivity contribution in [3.8, 4) is 0 Å². The minimum absolute atomic E-state index is 0.245. The van der Waals surface area contributed by atoms with E-state index in [1.54, 1.807) is 0 Å². The van der Waals surface area contributed by atoms with Gasteiger partial charge in [0, 0.05) is 18.1 Å². The maximum absolute atomic E-state index is 5.90. The minimum Gasteiger partial charge on any atom is -0.329 e. The third kappa shape index (κ3) is 2.05. The Labute approximate surface area is 82.5 Å². The van der Waals surface area contributed by atoms with Gasteiger partial charge in [0.2, 0.25) is 0 Å². The molecule has 0 amide bonds. The molecule has 1 aliphatic carbocycles. The monoisotopic (exact) mass is 184 g/mol. The summed E-state index contributed by atoms with van der Waals surface area (Å²) < 4.78 is 0. The standard InChI is InChI=1S/C11H24N2/c1-5-9(2)13(4)11(3,8-12)10-6-7-10/h9-10H,5-8,12H2,1-4H3. The molecule has 0 aromatic rings. The first-order valence-electron chi connectivity index (χ1n) is 5.49. The number of nitrogens with two attached hydrogens (primary N) is 1. The summed E-state index contributed by atoms with van der Waals surface area (Å²) in [5.74, 6) is 0.844. The maximum atomic E-state index is 5.90. The molecular weight excluding hydrogens is 160 g/mol. The van der Waals surface area contributed by atoms with Crippen LogP contribution in [0, 0.1) is 5.92 Å². The smallest absolute Gasteiger partial charge is 0.0331 e. The van der Waals surface area contributed by atoms with Gasteiger partial charge in [0.25, 0.3) is 0 Å². The first-order valence-corrected chi connectivity index (χ1v) is 5.49. The van der Waals surface area contributed by atoms with Crippen molar-refractivity contribution in [1.29, 1.82) is 0 Å². The molecule has 2 N–H and O–H groups in total. The first-order chi connectivity index (χ1) is 6.06. The molecule has 2 nitrogen and oxygen atoms in total. The molecule has 0 bridgehead atoms. The van der Waals surface area contributed by atoms with Crippen LogP contribution in [-0.4, -0.2) is 30.1 Å². The van der Waals surface area contributed by atoms with Crippen LogP contribution in [0.15, 0.2) is 0 Å². The molecule has 1 rings (SSSR count). The summed E-state index contributed by atoms with van der Waals surface area (Å²) in [6.45, 7) is 7.64. The zero-order chi connectivity index (χ0) is 10.1. The number of likely N-dealkylation sites (N-methyl/N-ethyl adjacent to an activating group) is 1. The third-order valence-corrected chi connectivity index (χ3v) is 3.93. The number of rotatable bonds is 5. The highest BCUT2D eigenvalue weighted by Crippen LogP contribution is 2.42. The van der Waals surface area contributed by atoms with Crippen molar-refractivity contribution in [3.05, 3.63) is 0 Å². The summed E-state index contributed by atoms with van der Waals surface area (Å²) in [4.78, 5) is 2.48. The minimum atomic E-state index is 0.245. The molecule has 0 aromatic carbocycles. The van der Waals surface area contributed by atoms with Crippen LogP contribution in [0.2, 0.25) is 0 Å². The lowest BCUT2D eigenvalue weighted by molar-refractivity contribution is 0.0784. The van der Waals surface area contributed by atoms with E-state index in [9.17, 15) is 0 Å². The summed E-state index contributed by atoms with van der Waals surface area (Å²) in [6.07, 6.45) is 3.95. The van der Waals surface area contributed by atoms with E-state index in [-0.39, 0.29) is 5.54 Å². The normalized spacial score (nSPS) is 24.5. The van der Waals surface area contributed by atoms with Crippen LogP contribution < -0.4 is 5.73 Å². The van der Waals surface area contributed by atoms with E-state index in [1.165, 1.54) is 19.3 Å². The number of nitrogens with zero attached hydrogens (tertiary/aromatic N) is 1. The topological polar surface area (TPSA) is 29.3 Å². The zero-order valence-electron chi connectivity index (χ0n) is 9.51. The van der Waals surface area contributed by atoms with Gasteiger partial charge in [-0.2, -0.15) is 0 Å². The number of hydrogen-bond donors (Lipinski definition) is 1. The molecule has 1 fully saturated rings. The van der Waals surface area contributed by atoms with Gasteiger partial charge >= 0.3 is 0 Å². The van der Waals surface area contributed by atoms with Gasteiger partial charge < -0.3 is 5.73 Å². The summed E-state index contributed by atoms with van der Waals surface area (Å²) in [7, 11) is 2.22. The predicted molar refractivity (Wildman–Crippen MR) is 57.7 cm³/mol. The van der Waals surface area contributed by atoms with Crippen LogP contribution in [-0.2, 0) is 0 Å². The van der Waals surface area contributed by atoms with Gasteiger partial charge in [0.05, 0.1) is 0 Å². The maximum Gasteiger partial charge on any atom is 0.0331 e. The van der Waals surface area contributed by atoms with Crippen LogP contribution in [0.4, 0.5) is 0 Å². The van der Waals surface area contributed by atoms with Crippen molar-refractivity contribution in [2.75, 3.05) is 13.6 Å². The Bertz CT molecular complexity index is 165. The molecule has 0 heterocycles. The summed E-state index contributed by atoms with van der Waals surface area (Å²) >= 11 is 0. The quantitative estimate of drug-likeness (QED) is 0.706. The second kappa shape index (κ2) is 3.97. The lowest BCUT2D eigenvalue weighted by atomic mass is 9.92. The second-order valence-electron chi connectivity index (χ2n) is 4.70. The molecule has 0 spiro atoms. The fourth-order valence-corrected chi connectivity index (χ4v) is 2.08. The Morgan fingerprint density at radius 3 is 2.38 bits per heavy atom. The highest BCUT2D eigenvalue weighted by Gasteiger charge is 2.44. The van der Waals surface area contributed by atoms with Crippen LogP contribution in [0.3, 0.4) is 0 Å². The molecule has 0 aliphatic heterocycles. The van der Waals surface area contributed by atoms with Gasteiger partial charge in [0.15, 0.2) is 0 Å². The molecular formula is C11H24N2. The van der Waals surface area contributed by atoms with Gasteiger partial charge in [-0.15, -0.1) is 0 Å². The Kier molecular flexibility index (Phi) is 3.36. The summed E-state index contributed by atoms with van der Waals surface area (Å²) in [5.41, 5.74) is 6.15. The molecule has 0 saturated heterocycles. The largest absolute Gasteiger partial charge is 0.329 e. The average molecular weight is 184 g/mol. The van der Waals surface area contributed by atoms with E-state index in [1.807, 2.05) is 0 Å². The lowest BCUT2D eigenvalue weighted by Crippen LogP contribution is -2.54. The molecule has 2 atom stereocenters. The molecule has 2 heteroatoms. The van der Waals surface area contributed by atoms with Crippen molar-refractivity contribution in [3.63, 3.8) is 0 Å². The van der Waals surface area contributed by atoms with E-state index in [2.05, 4.69) is 32.7 Å². The molecule has 0 aromatic heterocycles. The van der Waals surface area contributed by atoms with E-state index >= 15 is 0 Å². The molecule has 1 saturated carbocycles. The van der Waals surface area contributed by atoms with Gasteiger partial charge in [0.1, 0.15) is 0 Å². The van der Waals surface area contributed by atoms with E-state index < -0.39 is 0 Å². The summed E-state index contributed by atoms with van der Waals surface area (Å²) in [5, 5.41) is 0. The molecule has 0 radical (unpaired) electrons. The predicted octanol–water partition coefficient (Wildman–Crippen LogP) is 1.84. The summed E-state index contributed by atoms with van der Waals surface area (Å²) in [6, 6.07) is 0.647. The Morgan fingerprint density at radius 2 is 2.08 bits per heavy atom. The van der Waals surface area contributed by atoms with E-state index in [4.69, 9.17) is 5.73 Å². The van der Waals surface area contributed by atoms with Crippen molar-refractivity contribution < 1.29 is 0 Å². The van der Waals surface area contributed by atoms with Crippen LogP contribution in [0.25, 0.3) is 0 Å². The fourth-order valence-electron chi connectivity index (χ4n) is 2.08. The molecule has 2 unspecified atom stereocenters.